The molecule has 0 aromatic heterocycles. The fraction of sp³-hybridized carbons (Fsp3) is 0.400. The average Bonchev–Trinajstić information content (AvgIpc) is 2.59. The van der Waals surface area contributed by atoms with E-state index in [1.54, 1.807) is 0 Å². The van der Waals surface area contributed by atoms with E-state index < -0.39 is 0 Å². The van der Waals surface area contributed by atoms with Gasteiger partial charge in [0.1, 0.15) is 0 Å². The lowest BCUT2D eigenvalue weighted by Gasteiger charge is -2.15. The number of aryl methyl sites for hydroxylation is 1. The maximum Gasteiger partial charge on any atom is 0.0681 e. The van der Waals surface area contributed by atoms with Crippen molar-refractivity contribution in [3.63, 3.8) is 0 Å². The molecule has 2 rings (SSSR count). The first-order valence-corrected chi connectivity index (χ1v) is 8.29. The van der Waals surface area contributed by atoms with Crippen LogP contribution in [0.3, 0.4) is 0 Å². The number of nitrogens with zero attached hydrogens (tertiary/aromatic N) is 1. The van der Waals surface area contributed by atoms with Crippen LogP contribution in [-0.2, 0) is 13.0 Å². The molecule has 0 bridgehead atoms. The van der Waals surface area contributed by atoms with E-state index in [1.807, 2.05) is 12.1 Å². The molecule has 0 fully saturated rings. The Morgan fingerprint density at radius 2 is 1.78 bits per heavy atom. The number of aliphatic hydroxyl groups is 1. The van der Waals surface area contributed by atoms with Gasteiger partial charge in [0.2, 0.25) is 0 Å². The second-order valence-corrected chi connectivity index (χ2v) is 6.24. The summed E-state index contributed by atoms with van der Waals surface area (Å²) in [6.45, 7) is 3.26. The summed E-state index contributed by atoms with van der Waals surface area (Å²) < 4.78 is 0. The smallest absolute Gasteiger partial charge is 0.0681 e. The second-order valence-electron chi connectivity index (χ2n) is 6.24. The minimum atomic E-state index is 0.101. The Hall–Kier alpha value is -1.84. The summed E-state index contributed by atoms with van der Waals surface area (Å²) in [5, 5.41) is 12.8. The van der Waals surface area contributed by atoms with E-state index in [4.69, 9.17) is 0 Å². The molecule has 2 aromatic carbocycles. The molecule has 2 aromatic rings. The second kappa shape index (κ2) is 8.70. The van der Waals surface area contributed by atoms with E-state index in [0.717, 1.165) is 24.9 Å². The number of aliphatic hydroxyl groups excluding tert-OH is 1. The molecule has 0 aliphatic carbocycles. The van der Waals surface area contributed by atoms with E-state index in [-0.39, 0.29) is 6.61 Å². The van der Waals surface area contributed by atoms with Gasteiger partial charge in [0.05, 0.1) is 6.61 Å². The average molecular weight is 312 g/mol. The van der Waals surface area contributed by atoms with Gasteiger partial charge in [0.25, 0.3) is 0 Å². The van der Waals surface area contributed by atoms with Gasteiger partial charge in [0, 0.05) is 25.8 Å². The summed E-state index contributed by atoms with van der Waals surface area (Å²) in [6.07, 6.45) is 2.20. The molecule has 23 heavy (non-hydrogen) atoms. The van der Waals surface area contributed by atoms with Gasteiger partial charge in [-0.2, -0.15) is 0 Å². The zero-order chi connectivity index (χ0) is 16.7. The Morgan fingerprint density at radius 3 is 2.43 bits per heavy atom. The molecule has 0 aliphatic rings. The van der Waals surface area contributed by atoms with E-state index in [1.165, 1.54) is 16.8 Å². The van der Waals surface area contributed by atoms with Gasteiger partial charge >= 0.3 is 0 Å². The molecule has 2 N–H and O–H groups in total. The lowest BCUT2D eigenvalue weighted by Crippen LogP contribution is -2.20. The molecule has 0 amide bonds. The molecule has 124 valence electrons. The number of benzene rings is 2. The molecule has 3 nitrogen and oxygen atoms in total. The van der Waals surface area contributed by atoms with Crippen molar-refractivity contribution in [1.29, 1.82) is 0 Å². The Balaban J connectivity index is 1.76. The van der Waals surface area contributed by atoms with Gasteiger partial charge in [-0.15, -0.1) is 0 Å². The Labute approximate surface area is 140 Å². The minimum absolute atomic E-state index is 0.101. The summed E-state index contributed by atoms with van der Waals surface area (Å²) in [5.74, 6) is 0. The molecule has 0 saturated heterocycles. The maximum absolute atomic E-state index is 9.21. The standard InChI is InChI=1S/C20H28N2O/c1-16(19-8-4-6-18(14-19)15-23)21-13-5-7-17-9-11-20(12-10-17)22(2)3/h4,6,8-12,14,16,21,23H,5,7,13,15H2,1-3H3. The Morgan fingerprint density at radius 1 is 1.04 bits per heavy atom. The van der Waals surface area contributed by atoms with Crippen molar-refractivity contribution in [1.82, 2.24) is 5.32 Å². The first-order valence-electron chi connectivity index (χ1n) is 8.29. The molecule has 1 unspecified atom stereocenters. The topological polar surface area (TPSA) is 35.5 Å². The predicted octanol–water partition coefficient (Wildman–Crippen LogP) is 3.53. The summed E-state index contributed by atoms with van der Waals surface area (Å²) in [6, 6.07) is 17.2. The van der Waals surface area contributed by atoms with Crippen LogP contribution in [0.4, 0.5) is 5.69 Å². The lowest BCUT2D eigenvalue weighted by molar-refractivity contribution is 0.281. The maximum atomic E-state index is 9.21. The van der Waals surface area contributed by atoms with E-state index >= 15 is 0 Å². The number of rotatable bonds is 8. The van der Waals surface area contributed by atoms with Gasteiger partial charge < -0.3 is 15.3 Å². The summed E-state index contributed by atoms with van der Waals surface area (Å²) in [5.41, 5.74) is 4.82. The highest BCUT2D eigenvalue weighted by Gasteiger charge is 2.05. The fourth-order valence-electron chi connectivity index (χ4n) is 2.65. The van der Waals surface area contributed by atoms with Gasteiger partial charge in [-0.1, -0.05) is 36.4 Å². The number of nitrogens with one attached hydrogen (secondary N) is 1. The largest absolute Gasteiger partial charge is 0.392 e. The monoisotopic (exact) mass is 312 g/mol. The lowest BCUT2D eigenvalue weighted by atomic mass is 10.0. The predicted molar refractivity (Wildman–Crippen MR) is 97.9 cm³/mol. The van der Waals surface area contributed by atoms with Crippen LogP contribution in [0.2, 0.25) is 0 Å². The van der Waals surface area contributed by atoms with Crippen molar-refractivity contribution in [2.24, 2.45) is 0 Å². The van der Waals surface area contributed by atoms with Crippen molar-refractivity contribution in [2.75, 3.05) is 25.5 Å². The SMILES string of the molecule is CC(NCCCc1ccc(N(C)C)cc1)c1cccc(CO)c1. The van der Waals surface area contributed by atoms with Crippen molar-refractivity contribution < 1.29 is 5.11 Å². The van der Waals surface area contributed by atoms with Crippen LogP contribution in [0.5, 0.6) is 0 Å². The summed E-state index contributed by atoms with van der Waals surface area (Å²) >= 11 is 0. The van der Waals surface area contributed by atoms with Crippen LogP contribution in [0.15, 0.2) is 48.5 Å². The molecule has 0 spiro atoms. The third-order valence-electron chi connectivity index (χ3n) is 4.18. The van der Waals surface area contributed by atoms with E-state index in [9.17, 15) is 5.11 Å². The highest BCUT2D eigenvalue weighted by atomic mass is 16.3. The van der Waals surface area contributed by atoms with Gasteiger partial charge in [-0.3, -0.25) is 0 Å². The van der Waals surface area contributed by atoms with Crippen molar-refractivity contribution in [3.05, 3.63) is 65.2 Å². The highest BCUT2D eigenvalue weighted by molar-refractivity contribution is 5.46. The van der Waals surface area contributed by atoms with Crippen molar-refractivity contribution >= 4 is 5.69 Å². The first kappa shape index (κ1) is 17.5. The molecule has 3 heteroatoms. The van der Waals surface area contributed by atoms with Crippen LogP contribution in [-0.4, -0.2) is 25.7 Å². The van der Waals surface area contributed by atoms with Crippen LogP contribution < -0.4 is 10.2 Å². The fourth-order valence-corrected chi connectivity index (χ4v) is 2.65. The van der Waals surface area contributed by atoms with Crippen molar-refractivity contribution in [3.8, 4) is 0 Å². The molecule has 0 aliphatic heterocycles. The highest BCUT2D eigenvalue weighted by Crippen LogP contribution is 2.15. The van der Waals surface area contributed by atoms with Gasteiger partial charge in [-0.25, -0.2) is 0 Å². The van der Waals surface area contributed by atoms with Crippen LogP contribution in [0, 0.1) is 0 Å². The van der Waals surface area contributed by atoms with Crippen LogP contribution >= 0.6 is 0 Å². The zero-order valence-electron chi connectivity index (χ0n) is 14.4. The molecule has 0 heterocycles. The van der Waals surface area contributed by atoms with E-state index in [2.05, 4.69) is 67.6 Å². The molecular formula is C20H28N2O. The Bertz CT molecular complexity index is 593. The molecule has 0 radical (unpaired) electrons. The van der Waals surface area contributed by atoms with Gasteiger partial charge in [0.15, 0.2) is 0 Å². The van der Waals surface area contributed by atoms with E-state index in [0.29, 0.717) is 6.04 Å². The molecular weight excluding hydrogens is 284 g/mol. The minimum Gasteiger partial charge on any atom is -0.392 e. The summed E-state index contributed by atoms with van der Waals surface area (Å²) in [7, 11) is 4.12. The molecule has 1 atom stereocenters. The summed E-state index contributed by atoms with van der Waals surface area (Å²) in [4.78, 5) is 2.12. The third-order valence-corrected chi connectivity index (χ3v) is 4.18. The number of hydrogen-bond acceptors (Lipinski definition) is 3. The quantitative estimate of drug-likeness (QED) is 0.732. The van der Waals surface area contributed by atoms with Crippen LogP contribution in [0.1, 0.15) is 36.1 Å². The molecule has 0 saturated carbocycles. The normalized spacial score (nSPS) is 12.2. The first-order chi connectivity index (χ1) is 11.1. The third kappa shape index (κ3) is 5.38. The number of anilines is 1. The number of hydrogen-bond donors (Lipinski definition) is 2. The Kier molecular flexibility index (Phi) is 6.63. The zero-order valence-corrected chi connectivity index (χ0v) is 14.4. The van der Waals surface area contributed by atoms with Crippen molar-refractivity contribution in [2.45, 2.75) is 32.4 Å². The van der Waals surface area contributed by atoms with Crippen LogP contribution in [0.25, 0.3) is 0 Å². The van der Waals surface area contributed by atoms with Gasteiger partial charge in [-0.05, 0) is 55.1 Å².